The number of thiophene rings is 1. The Hall–Kier alpha value is -2.19. The first-order valence-corrected chi connectivity index (χ1v) is 9.48. The summed E-state index contributed by atoms with van der Waals surface area (Å²) in [6.07, 6.45) is 0. The molecule has 2 heterocycles. The van der Waals surface area contributed by atoms with Gasteiger partial charge in [-0.1, -0.05) is 6.07 Å². The van der Waals surface area contributed by atoms with E-state index in [2.05, 4.69) is 14.9 Å². The SMILES string of the molecule is Cc1ccc(NS(=O)(=O)c2ccc(-c3n[nH]c(C)c3C)s2)cc1F. The third kappa shape index (κ3) is 3.07. The van der Waals surface area contributed by atoms with E-state index in [4.69, 9.17) is 0 Å². The molecule has 0 aliphatic heterocycles. The van der Waals surface area contributed by atoms with Crippen molar-refractivity contribution in [2.24, 2.45) is 0 Å². The molecule has 5 nitrogen and oxygen atoms in total. The number of rotatable bonds is 4. The number of hydrogen-bond donors (Lipinski definition) is 2. The van der Waals surface area contributed by atoms with Crippen molar-refractivity contribution in [2.75, 3.05) is 4.72 Å². The van der Waals surface area contributed by atoms with E-state index in [1.165, 1.54) is 24.3 Å². The van der Waals surface area contributed by atoms with Gasteiger partial charge in [0, 0.05) is 5.69 Å². The molecule has 0 amide bonds. The van der Waals surface area contributed by atoms with Gasteiger partial charge in [-0.15, -0.1) is 11.3 Å². The summed E-state index contributed by atoms with van der Waals surface area (Å²) in [6.45, 7) is 5.45. The van der Waals surface area contributed by atoms with Gasteiger partial charge in [0.05, 0.1) is 10.6 Å². The maximum absolute atomic E-state index is 13.6. The summed E-state index contributed by atoms with van der Waals surface area (Å²) in [4.78, 5) is 0.757. The average Bonchev–Trinajstić information content (AvgIpc) is 3.12. The Balaban J connectivity index is 1.90. The number of aromatic amines is 1. The van der Waals surface area contributed by atoms with E-state index in [1.807, 2.05) is 13.8 Å². The van der Waals surface area contributed by atoms with Crippen LogP contribution in [0.5, 0.6) is 0 Å². The molecule has 0 unspecified atom stereocenters. The minimum absolute atomic E-state index is 0.151. The third-order valence-corrected chi connectivity index (χ3v) is 6.72. The van der Waals surface area contributed by atoms with E-state index in [0.717, 1.165) is 33.2 Å². The van der Waals surface area contributed by atoms with Crippen molar-refractivity contribution in [3.63, 3.8) is 0 Å². The first-order chi connectivity index (χ1) is 11.3. The molecule has 0 bridgehead atoms. The Bertz CT molecular complexity index is 1010. The van der Waals surface area contributed by atoms with Crippen LogP contribution in [0.3, 0.4) is 0 Å². The molecule has 24 heavy (non-hydrogen) atoms. The van der Waals surface area contributed by atoms with E-state index < -0.39 is 15.8 Å². The van der Waals surface area contributed by atoms with Crippen LogP contribution in [0.1, 0.15) is 16.8 Å². The second-order valence-corrected chi connectivity index (χ2v) is 8.50. The normalized spacial score (nSPS) is 11.7. The number of nitrogens with one attached hydrogen (secondary N) is 2. The van der Waals surface area contributed by atoms with Crippen LogP contribution < -0.4 is 4.72 Å². The van der Waals surface area contributed by atoms with Crippen molar-refractivity contribution in [1.29, 1.82) is 0 Å². The zero-order chi connectivity index (χ0) is 17.5. The zero-order valence-corrected chi connectivity index (χ0v) is 15.0. The van der Waals surface area contributed by atoms with E-state index in [9.17, 15) is 12.8 Å². The van der Waals surface area contributed by atoms with Crippen molar-refractivity contribution in [2.45, 2.75) is 25.0 Å². The molecule has 0 aliphatic rings. The number of halogens is 1. The molecule has 3 aromatic rings. The molecule has 8 heteroatoms. The van der Waals surface area contributed by atoms with Crippen molar-refractivity contribution >= 4 is 27.0 Å². The van der Waals surface area contributed by atoms with Gasteiger partial charge in [0.2, 0.25) is 0 Å². The molecule has 0 atom stereocenters. The van der Waals surface area contributed by atoms with Gasteiger partial charge in [-0.05, 0) is 56.2 Å². The van der Waals surface area contributed by atoms with Crippen LogP contribution in [0.4, 0.5) is 10.1 Å². The molecule has 0 radical (unpaired) electrons. The Morgan fingerprint density at radius 2 is 1.92 bits per heavy atom. The molecule has 126 valence electrons. The highest BCUT2D eigenvalue weighted by Crippen LogP contribution is 2.33. The van der Waals surface area contributed by atoms with E-state index in [1.54, 1.807) is 13.0 Å². The number of nitrogens with zero attached hydrogens (tertiary/aromatic N) is 1. The van der Waals surface area contributed by atoms with Crippen LogP contribution in [-0.2, 0) is 10.0 Å². The Kier molecular flexibility index (Phi) is 4.18. The zero-order valence-electron chi connectivity index (χ0n) is 13.3. The van der Waals surface area contributed by atoms with Gasteiger partial charge < -0.3 is 0 Å². The monoisotopic (exact) mass is 365 g/mol. The lowest BCUT2D eigenvalue weighted by Gasteiger charge is -2.07. The number of sulfonamides is 1. The highest BCUT2D eigenvalue weighted by molar-refractivity contribution is 7.94. The molecular weight excluding hydrogens is 349 g/mol. The fourth-order valence-electron chi connectivity index (χ4n) is 2.18. The largest absolute Gasteiger partial charge is 0.282 e. The molecule has 2 aromatic heterocycles. The van der Waals surface area contributed by atoms with Gasteiger partial charge in [0.25, 0.3) is 10.0 Å². The molecule has 0 spiro atoms. The van der Waals surface area contributed by atoms with E-state index >= 15 is 0 Å². The fourth-order valence-corrected chi connectivity index (χ4v) is 4.58. The fraction of sp³-hybridized carbons (Fsp3) is 0.188. The molecule has 2 N–H and O–H groups in total. The second-order valence-electron chi connectivity index (χ2n) is 5.51. The Labute approximate surface area is 143 Å². The van der Waals surface area contributed by atoms with Crippen LogP contribution in [-0.4, -0.2) is 18.6 Å². The van der Waals surface area contributed by atoms with Crippen molar-refractivity contribution < 1.29 is 12.8 Å². The van der Waals surface area contributed by atoms with Crippen molar-refractivity contribution in [1.82, 2.24) is 10.2 Å². The molecule has 0 saturated carbocycles. The van der Waals surface area contributed by atoms with Crippen LogP contribution in [0.2, 0.25) is 0 Å². The van der Waals surface area contributed by atoms with Gasteiger partial charge in [-0.3, -0.25) is 9.82 Å². The molecular formula is C16H16FN3O2S2. The Morgan fingerprint density at radius 3 is 2.54 bits per heavy atom. The molecule has 0 aliphatic carbocycles. The quantitative estimate of drug-likeness (QED) is 0.734. The summed E-state index contributed by atoms with van der Waals surface area (Å²) < 4.78 is 41.1. The summed E-state index contributed by atoms with van der Waals surface area (Å²) in [7, 11) is -3.77. The maximum Gasteiger partial charge on any atom is 0.271 e. The van der Waals surface area contributed by atoms with Gasteiger partial charge >= 0.3 is 0 Å². The predicted octanol–water partition coefficient (Wildman–Crippen LogP) is 4.00. The summed E-state index contributed by atoms with van der Waals surface area (Å²) in [5, 5.41) is 7.09. The van der Waals surface area contributed by atoms with E-state index in [0.29, 0.717) is 5.56 Å². The average molecular weight is 365 g/mol. The topological polar surface area (TPSA) is 74.8 Å². The summed E-state index contributed by atoms with van der Waals surface area (Å²) >= 11 is 1.12. The lowest BCUT2D eigenvalue weighted by atomic mass is 10.2. The summed E-state index contributed by atoms with van der Waals surface area (Å²) in [5.41, 5.74) is 3.31. The number of benzene rings is 1. The highest BCUT2D eigenvalue weighted by Gasteiger charge is 2.19. The third-order valence-electron chi connectivity index (χ3n) is 3.76. The number of hydrogen-bond acceptors (Lipinski definition) is 4. The van der Waals surface area contributed by atoms with Crippen LogP contribution in [0.25, 0.3) is 10.6 Å². The number of aryl methyl sites for hydroxylation is 2. The van der Waals surface area contributed by atoms with Crippen LogP contribution in [0, 0.1) is 26.6 Å². The first-order valence-electron chi connectivity index (χ1n) is 7.18. The predicted molar refractivity (Wildman–Crippen MR) is 93.3 cm³/mol. The molecule has 0 fully saturated rings. The van der Waals surface area contributed by atoms with Crippen molar-refractivity contribution in [3.8, 4) is 10.6 Å². The van der Waals surface area contributed by atoms with E-state index in [-0.39, 0.29) is 9.90 Å². The lowest BCUT2D eigenvalue weighted by Crippen LogP contribution is -2.11. The maximum atomic E-state index is 13.6. The first kappa shape index (κ1) is 16.7. The highest BCUT2D eigenvalue weighted by atomic mass is 32.2. The minimum atomic E-state index is -3.77. The molecule has 3 rings (SSSR count). The summed E-state index contributed by atoms with van der Waals surface area (Å²) in [5.74, 6) is -0.454. The van der Waals surface area contributed by atoms with Crippen LogP contribution >= 0.6 is 11.3 Å². The number of aromatic nitrogens is 2. The summed E-state index contributed by atoms with van der Waals surface area (Å²) in [6, 6.07) is 7.48. The van der Waals surface area contributed by atoms with Gasteiger partial charge in [-0.25, -0.2) is 12.8 Å². The van der Waals surface area contributed by atoms with Gasteiger partial charge in [0.1, 0.15) is 15.7 Å². The Morgan fingerprint density at radius 1 is 1.17 bits per heavy atom. The smallest absolute Gasteiger partial charge is 0.271 e. The van der Waals surface area contributed by atoms with Gasteiger partial charge in [-0.2, -0.15) is 5.10 Å². The molecule has 1 aromatic carbocycles. The lowest BCUT2D eigenvalue weighted by molar-refractivity contribution is 0.603. The molecule has 0 saturated heterocycles. The number of anilines is 1. The minimum Gasteiger partial charge on any atom is -0.282 e. The number of H-pyrrole nitrogens is 1. The van der Waals surface area contributed by atoms with Crippen LogP contribution in [0.15, 0.2) is 34.5 Å². The second kappa shape index (κ2) is 6.03. The van der Waals surface area contributed by atoms with Gasteiger partial charge in [0.15, 0.2) is 0 Å². The van der Waals surface area contributed by atoms with Crippen molar-refractivity contribution in [3.05, 3.63) is 53.0 Å². The standard InChI is InChI=1S/C16H16FN3O2S2/c1-9-4-5-12(8-13(9)17)20-24(21,22)15-7-6-14(23-15)16-10(2)11(3)18-19-16/h4-8,20H,1-3H3,(H,18,19).